The van der Waals surface area contributed by atoms with Gasteiger partial charge in [-0.15, -0.1) is 0 Å². The molecule has 0 aliphatic carbocycles. The monoisotopic (exact) mass is 311 g/mol. The highest BCUT2D eigenvalue weighted by Gasteiger charge is 2.31. The largest absolute Gasteiger partial charge is 0.335 e. The molecule has 4 rings (SSSR count). The summed E-state index contributed by atoms with van der Waals surface area (Å²) < 4.78 is 0. The van der Waals surface area contributed by atoms with Crippen molar-refractivity contribution in [1.82, 2.24) is 14.8 Å². The molecule has 0 bridgehead atoms. The van der Waals surface area contributed by atoms with E-state index in [-0.39, 0.29) is 11.5 Å². The Balaban J connectivity index is 1.60. The fourth-order valence-corrected chi connectivity index (χ4v) is 3.84. The van der Waals surface area contributed by atoms with E-state index in [1.54, 1.807) is 12.1 Å². The molecule has 5 heteroatoms. The number of fused-ring (bicyclic) bond motifs is 2. The molecule has 2 fully saturated rings. The first kappa shape index (κ1) is 14.5. The molecule has 2 aliphatic heterocycles. The molecule has 1 aromatic heterocycles. The Bertz CT molecular complexity index is 798. The maximum absolute atomic E-state index is 12.8. The fourth-order valence-electron chi connectivity index (χ4n) is 3.84. The Morgan fingerprint density at radius 2 is 2.00 bits per heavy atom. The molecular weight excluding hydrogens is 290 g/mol. The van der Waals surface area contributed by atoms with Crippen LogP contribution in [0.2, 0.25) is 0 Å². The van der Waals surface area contributed by atoms with Crippen LogP contribution in [0.5, 0.6) is 0 Å². The Kier molecular flexibility index (Phi) is 3.65. The van der Waals surface area contributed by atoms with Gasteiger partial charge < -0.3 is 9.88 Å². The normalized spacial score (nSPS) is 22.1. The molecule has 23 heavy (non-hydrogen) atoms. The number of aromatic nitrogens is 1. The van der Waals surface area contributed by atoms with Gasteiger partial charge in [-0.25, -0.2) is 0 Å². The first-order valence-corrected chi connectivity index (χ1v) is 8.38. The predicted molar refractivity (Wildman–Crippen MR) is 89.7 cm³/mol. The third-order valence-corrected chi connectivity index (χ3v) is 5.11. The molecule has 0 unspecified atom stereocenters. The number of H-pyrrole nitrogens is 1. The van der Waals surface area contributed by atoms with Gasteiger partial charge in [0.1, 0.15) is 5.69 Å². The number of carbonyl (C=O) groups excluding carboxylic acids is 1. The van der Waals surface area contributed by atoms with E-state index in [0.717, 1.165) is 38.0 Å². The van der Waals surface area contributed by atoms with E-state index in [0.29, 0.717) is 17.1 Å². The van der Waals surface area contributed by atoms with Gasteiger partial charge in [0.05, 0.1) is 0 Å². The average Bonchev–Trinajstić information content (AvgIpc) is 2.60. The summed E-state index contributed by atoms with van der Waals surface area (Å²) in [5.41, 5.74) is 0.209. The molecule has 3 heterocycles. The van der Waals surface area contributed by atoms with Gasteiger partial charge in [0, 0.05) is 31.1 Å². The fraction of sp³-hybridized carbons (Fsp3) is 0.444. The lowest BCUT2D eigenvalue weighted by Crippen LogP contribution is -2.56. The van der Waals surface area contributed by atoms with Crippen LogP contribution in [0.25, 0.3) is 10.8 Å². The van der Waals surface area contributed by atoms with Crippen molar-refractivity contribution < 1.29 is 4.79 Å². The number of hydrogen-bond donors (Lipinski definition) is 1. The Morgan fingerprint density at radius 1 is 1.13 bits per heavy atom. The Hall–Kier alpha value is -2.14. The van der Waals surface area contributed by atoms with Crippen molar-refractivity contribution in [2.24, 2.45) is 0 Å². The molecule has 120 valence electrons. The number of nitrogens with zero attached hydrogens (tertiary/aromatic N) is 2. The lowest BCUT2D eigenvalue weighted by atomic mass is 9.99. The van der Waals surface area contributed by atoms with Gasteiger partial charge >= 0.3 is 0 Å². The lowest BCUT2D eigenvalue weighted by molar-refractivity contribution is 0.0368. The number of hydrogen-bond acceptors (Lipinski definition) is 3. The number of aromatic amines is 1. The molecule has 1 atom stereocenters. The van der Waals surface area contributed by atoms with Crippen LogP contribution in [0, 0.1) is 0 Å². The van der Waals surface area contributed by atoms with E-state index in [9.17, 15) is 9.59 Å². The number of carbonyl (C=O) groups is 1. The minimum atomic E-state index is -0.192. The van der Waals surface area contributed by atoms with Crippen LogP contribution in [0.15, 0.2) is 35.1 Å². The third-order valence-electron chi connectivity index (χ3n) is 5.11. The molecule has 1 aromatic carbocycles. The number of piperazine rings is 1. The first-order valence-electron chi connectivity index (χ1n) is 8.38. The van der Waals surface area contributed by atoms with Crippen LogP contribution in [-0.2, 0) is 0 Å². The average molecular weight is 311 g/mol. The molecule has 2 saturated heterocycles. The molecule has 1 amide bonds. The standard InChI is InChI=1S/C18H21N3O2/c22-17-15-7-2-1-5-13(15)11-16(19-17)18(23)21-10-9-20-8-4-3-6-14(20)12-21/h1-2,5,7,11,14H,3-4,6,8-10,12H2,(H,19,22)/t14-/m0/s1. The molecule has 0 spiro atoms. The van der Waals surface area contributed by atoms with Crippen molar-refractivity contribution >= 4 is 16.7 Å². The SMILES string of the molecule is O=C(c1cc2ccccc2c(=O)[nH]1)N1CCN2CCCC[C@H]2C1. The van der Waals surface area contributed by atoms with Gasteiger partial charge in [-0.3, -0.25) is 14.5 Å². The minimum Gasteiger partial charge on any atom is -0.335 e. The van der Waals surface area contributed by atoms with Gasteiger partial charge in [0.15, 0.2) is 0 Å². The van der Waals surface area contributed by atoms with Gasteiger partial charge in [0.25, 0.3) is 11.5 Å². The zero-order valence-electron chi connectivity index (χ0n) is 13.1. The second kappa shape index (κ2) is 5.81. The summed E-state index contributed by atoms with van der Waals surface area (Å²) in [5, 5.41) is 1.44. The summed E-state index contributed by atoms with van der Waals surface area (Å²) in [5.74, 6) is -0.0573. The zero-order chi connectivity index (χ0) is 15.8. The topological polar surface area (TPSA) is 56.4 Å². The number of nitrogens with one attached hydrogen (secondary N) is 1. The van der Waals surface area contributed by atoms with Gasteiger partial charge in [0.2, 0.25) is 0 Å². The van der Waals surface area contributed by atoms with Crippen LogP contribution < -0.4 is 5.56 Å². The molecule has 0 radical (unpaired) electrons. The highest BCUT2D eigenvalue weighted by molar-refractivity contribution is 5.96. The number of pyridine rings is 1. The maximum atomic E-state index is 12.8. The van der Waals surface area contributed by atoms with Crippen LogP contribution >= 0.6 is 0 Å². The van der Waals surface area contributed by atoms with Crippen molar-refractivity contribution in [3.8, 4) is 0 Å². The first-order chi connectivity index (χ1) is 11.2. The van der Waals surface area contributed by atoms with E-state index >= 15 is 0 Å². The summed E-state index contributed by atoms with van der Waals surface area (Å²) in [7, 11) is 0. The van der Waals surface area contributed by atoms with Crippen molar-refractivity contribution in [3.63, 3.8) is 0 Å². The lowest BCUT2D eigenvalue weighted by Gasteiger charge is -2.43. The summed E-state index contributed by atoms with van der Waals surface area (Å²) in [4.78, 5) is 32.1. The van der Waals surface area contributed by atoms with E-state index in [1.165, 1.54) is 12.8 Å². The van der Waals surface area contributed by atoms with E-state index in [1.807, 2.05) is 23.1 Å². The smallest absolute Gasteiger partial charge is 0.270 e. The van der Waals surface area contributed by atoms with E-state index in [2.05, 4.69) is 9.88 Å². The second-order valence-corrected chi connectivity index (χ2v) is 6.54. The third kappa shape index (κ3) is 2.65. The predicted octanol–water partition coefficient (Wildman–Crippen LogP) is 1.84. The summed E-state index contributed by atoms with van der Waals surface area (Å²) in [6.07, 6.45) is 3.68. The Morgan fingerprint density at radius 3 is 2.91 bits per heavy atom. The minimum absolute atomic E-state index is 0.0573. The van der Waals surface area contributed by atoms with Crippen molar-refractivity contribution in [1.29, 1.82) is 0 Å². The molecule has 0 saturated carbocycles. The van der Waals surface area contributed by atoms with Gasteiger partial charge in [-0.2, -0.15) is 0 Å². The molecular formula is C18H21N3O2. The summed E-state index contributed by atoms with van der Waals surface area (Å²) in [6.45, 7) is 3.60. The van der Waals surface area contributed by atoms with Crippen molar-refractivity contribution in [2.45, 2.75) is 25.3 Å². The highest BCUT2D eigenvalue weighted by Crippen LogP contribution is 2.22. The second-order valence-electron chi connectivity index (χ2n) is 6.54. The van der Waals surface area contributed by atoms with Crippen LogP contribution in [0.1, 0.15) is 29.8 Å². The van der Waals surface area contributed by atoms with Crippen LogP contribution in [-0.4, -0.2) is 52.9 Å². The molecule has 2 aromatic rings. The van der Waals surface area contributed by atoms with Gasteiger partial charge in [-0.1, -0.05) is 24.6 Å². The number of piperidine rings is 1. The number of benzene rings is 1. The quantitative estimate of drug-likeness (QED) is 0.874. The number of rotatable bonds is 1. The van der Waals surface area contributed by atoms with Crippen LogP contribution in [0.4, 0.5) is 0 Å². The van der Waals surface area contributed by atoms with Gasteiger partial charge in [-0.05, 0) is 36.9 Å². The van der Waals surface area contributed by atoms with Crippen LogP contribution in [0.3, 0.4) is 0 Å². The van der Waals surface area contributed by atoms with Crippen molar-refractivity contribution in [2.75, 3.05) is 26.2 Å². The maximum Gasteiger partial charge on any atom is 0.270 e. The van der Waals surface area contributed by atoms with Crippen molar-refractivity contribution in [3.05, 3.63) is 46.4 Å². The molecule has 5 nitrogen and oxygen atoms in total. The van der Waals surface area contributed by atoms with E-state index < -0.39 is 0 Å². The summed E-state index contributed by atoms with van der Waals surface area (Å²) >= 11 is 0. The Labute approximate surface area is 134 Å². The zero-order valence-corrected chi connectivity index (χ0v) is 13.1. The molecule has 2 aliphatic rings. The summed E-state index contributed by atoms with van der Waals surface area (Å²) in [6, 6.07) is 9.65. The number of amides is 1. The highest BCUT2D eigenvalue weighted by atomic mass is 16.2. The van der Waals surface area contributed by atoms with E-state index in [4.69, 9.17) is 0 Å². The molecule has 1 N–H and O–H groups in total.